The van der Waals surface area contributed by atoms with E-state index in [1.54, 1.807) is 0 Å². The molecule has 3 aromatic rings. The normalized spacial score (nSPS) is 19.6. The molecule has 15 heteroatoms. The maximum absolute atomic E-state index is 13.6. The lowest BCUT2D eigenvalue weighted by molar-refractivity contribution is -0.139. The van der Waals surface area contributed by atoms with Crippen LogP contribution in [0.2, 0.25) is 0 Å². The largest absolute Gasteiger partial charge is 0.507 e. The Morgan fingerprint density at radius 2 is 1.96 bits per heavy atom. The Bertz CT molecular complexity index is 1520. The SMILES string of the molecule is CC[C@@H]1CCCN1Cc1sc(NC(=O)c2cnc(N3CCN(CCC(=O)O)C[C@H]3C)cn2)nc1-c1ccc(O)c(C(F)(F)F)c1. The van der Waals surface area contributed by atoms with Gasteiger partial charge in [0.25, 0.3) is 5.91 Å². The number of aromatic nitrogens is 3. The molecule has 1 amide bonds. The molecule has 11 nitrogen and oxygen atoms in total. The van der Waals surface area contributed by atoms with Crippen molar-refractivity contribution in [2.75, 3.05) is 42.9 Å². The third-order valence-electron chi connectivity index (χ3n) is 8.33. The van der Waals surface area contributed by atoms with Gasteiger partial charge in [0.2, 0.25) is 0 Å². The Morgan fingerprint density at radius 1 is 1.16 bits per heavy atom. The van der Waals surface area contributed by atoms with Crippen LogP contribution >= 0.6 is 11.3 Å². The predicted octanol–water partition coefficient (Wildman–Crippen LogP) is 4.94. The van der Waals surface area contributed by atoms with Gasteiger partial charge in [-0.05, 0) is 50.9 Å². The average Bonchev–Trinajstić information content (AvgIpc) is 3.62. The summed E-state index contributed by atoms with van der Waals surface area (Å²) in [7, 11) is 0. The number of nitrogens with one attached hydrogen (secondary N) is 1. The third-order valence-corrected chi connectivity index (χ3v) is 9.28. The summed E-state index contributed by atoms with van der Waals surface area (Å²) in [5.74, 6) is -1.65. The van der Waals surface area contributed by atoms with Gasteiger partial charge in [-0.1, -0.05) is 18.3 Å². The molecule has 2 aromatic heterocycles. The van der Waals surface area contributed by atoms with E-state index in [0.717, 1.165) is 37.9 Å². The number of piperazine rings is 1. The second-order valence-corrected chi connectivity index (χ2v) is 12.5. The lowest BCUT2D eigenvalue weighted by atomic mass is 10.1. The summed E-state index contributed by atoms with van der Waals surface area (Å²) in [6.07, 6.45) is 1.25. The van der Waals surface area contributed by atoms with Gasteiger partial charge in [0, 0.05) is 55.2 Å². The highest BCUT2D eigenvalue weighted by Crippen LogP contribution is 2.40. The topological polar surface area (TPSA) is 135 Å². The van der Waals surface area contributed by atoms with E-state index >= 15 is 0 Å². The summed E-state index contributed by atoms with van der Waals surface area (Å²) in [4.78, 5) is 44.5. The first kappa shape index (κ1) is 32.6. The van der Waals surface area contributed by atoms with Gasteiger partial charge >= 0.3 is 12.1 Å². The molecule has 4 heterocycles. The van der Waals surface area contributed by atoms with Crippen molar-refractivity contribution in [2.45, 2.75) is 64.3 Å². The maximum atomic E-state index is 13.6. The molecule has 0 spiro atoms. The van der Waals surface area contributed by atoms with Gasteiger partial charge in [0.1, 0.15) is 17.3 Å². The van der Waals surface area contributed by atoms with Crippen LogP contribution in [-0.4, -0.2) is 91.6 Å². The fourth-order valence-corrected chi connectivity index (χ4v) is 6.98. The molecule has 2 aliphatic rings. The first-order valence-corrected chi connectivity index (χ1v) is 15.7. The molecule has 0 aliphatic carbocycles. The molecule has 0 bridgehead atoms. The van der Waals surface area contributed by atoms with Crippen LogP contribution in [0, 0.1) is 0 Å². The van der Waals surface area contributed by atoms with Crippen LogP contribution in [0.1, 0.15) is 60.5 Å². The van der Waals surface area contributed by atoms with Crippen molar-refractivity contribution < 1.29 is 33.0 Å². The highest BCUT2D eigenvalue weighted by atomic mass is 32.1. The number of likely N-dealkylation sites (tertiary alicyclic amines) is 1. The number of nitrogens with zero attached hydrogens (tertiary/aromatic N) is 6. The molecule has 45 heavy (non-hydrogen) atoms. The number of alkyl halides is 3. The van der Waals surface area contributed by atoms with Crippen molar-refractivity contribution >= 4 is 34.2 Å². The number of phenolic OH excluding ortho intramolecular Hbond substituents is 1. The van der Waals surface area contributed by atoms with E-state index in [1.807, 2.05) is 6.92 Å². The van der Waals surface area contributed by atoms with Crippen LogP contribution in [-0.2, 0) is 17.5 Å². The van der Waals surface area contributed by atoms with Crippen LogP contribution in [0.15, 0.2) is 30.6 Å². The van der Waals surface area contributed by atoms with E-state index in [4.69, 9.17) is 5.11 Å². The minimum atomic E-state index is -4.74. The molecule has 0 unspecified atom stereocenters. The Morgan fingerprint density at radius 3 is 2.62 bits per heavy atom. The number of anilines is 2. The standard InChI is InChI=1S/C30H36F3N7O4S/c1-3-20-5-4-9-39(20)17-24-27(19-6-7-23(41)21(13-19)30(31,32)33)36-29(45-24)37-28(44)22-14-35-25(15-34-22)40-12-11-38(16-18(40)2)10-8-26(42)43/h6-7,13-15,18,20,41H,3-5,8-12,16-17H2,1-2H3,(H,42,43)(H,36,37,44)/t18-,20-/m1/s1. The monoisotopic (exact) mass is 647 g/mol. The summed E-state index contributed by atoms with van der Waals surface area (Å²) < 4.78 is 40.8. The Kier molecular flexibility index (Phi) is 9.89. The molecule has 2 aliphatic heterocycles. The number of carbonyl (C=O) groups excluding carboxylic acids is 1. The van der Waals surface area contributed by atoms with Crippen LogP contribution < -0.4 is 10.2 Å². The fourth-order valence-electron chi connectivity index (χ4n) is 5.98. The average molecular weight is 648 g/mol. The summed E-state index contributed by atoms with van der Waals surface area (Å²) in [6.45, 7) is 7.92. The number of aromatic hydroxyl groups is 1. The molecule has 5 rings (SSSR count). The molecule has 2 saturated heterocycles. The molecule has 0 radical (unpaired) electrons. The van der Waals surface area contributed by atoms with E-state index in [1.165, 1.54) is 29.8 Å². The summed E-state index contributed by atoms with van der Waals surface area (Å²) in [5, 5.41) is 21.8. The molecule has 3 N–H and O–H groups in total. The number of hydrogen-bond acceptors (Lipinski definition) is 10. The Balaban J connectivity index is 1.33. The van der Waals surface area contributed by atoms with Crippen molar-refractivity contribution in [3.05, 3.63) is 46.7 Å². The van der Waals surface area contributed by atoms with Gasteiger partial charge in [-0.25, -0.2) is 15.0 Å². The smallest absolute Gasteiger partial charge is 0.419 e. The van der Waals surface area contributed by atoms with Gasteiger partial charge in [-0.3, -0.25) is 24.7 Å². The number of rotatable bonds is 10. The summed E-state index contributed by atoms with van der Waals surface area (Å²) >= 11 is 1.20. The highest BCUT2D eigenvalue weighted by Gasteiger charge is 2.35. The number of thiazole rings is 1. The predicted molar refractivity (Wildman–Crippen MR) is 163 cm³/mol. The number of phenols is 1. The van der Waals surface area contributed by atoms with Crippen LogP contribution in [0.25, 0.3) is 11.3 Å². The molecule has 0 saturated carbocycles. The zero-order valence-electron chi connectivity index (χ0n) is 25.0. The number of benzene rings is 1. The molecular weight excluding hydrogens is 611 g/mol. The van der Waals surface area contributed by atoms with E-state index < -0.39 is 29.4 Å². The van der Waals surface area contributed by atoms with Crippen molar-refractivity contribution in [3.63, 3.8) is 0 Å². The van der Waals surface area contributed by atoms with Gasteiger partial charge < -0.3 is 15.1 Å². The van der Waals surface area contributed by atoms with E-state index in [2.05, 4.69) is 41.9 Å². The number of carbonyl (C=O) groups is 2. The van der Waals surface area contributed by atoms with Crippen LogP contribution in [0.3, 0.4) is 0 Å². The quantitative estimate of drug-likeness (QED) is 0.278. The second-order valence-electron chi connectivity index (χ2n) is 11.4. The molecular formula is C30H36F3N7O4S. The number of amides is 1. The molecule has 1 aromatic carbocycles. The highest BCUT2D eigenvalue weighted by molar-refractivity contribution is 7.16. The lowest BCUT2D eigenvalue weighted by Crippen LogP contribution is -2.52. The zero-order valence-corrected chi connectivity index (χ0v) is 25.9. The maximum Gasteiger partial charge on any atom is 0.419 e. The lowest BCUT2D eigenvalue weighted by Gasteiger charge is -2.40. The first-order chi connectivity index (χ1) is 21.4. The Hall–Kier alpha value is -3.82. The van der Waals surface area contributed by atoms with Gasteiger partial charge in [-0.15, -0.1) is 0 Å². The van der Waals surface area contributed by atoms with E-state index in [-0.39, 0.29) is 28.9 Å². The molecule has 2 atom stereocenters. The van der Waals surface area contributed by atoms with E-state index in [9.17, 15) is 27.9 Å². The Labute approximate surface area is 262 Å². The number of aliphatic carboxylic acids is 1. The number of halogens is 3. The third kappa shape index (κ3) is 7.71. The zero-order chi connectivity index (χ0) is 32.3. The molecule has 2 fully saturated rings. The fraction of sp³-hybridized carbons (Fsp3) is 0.500. The van der Waals surface area contributed by atoms with Gasteiger partial charge in [-0.2, -0.15) is 13.2 Å². The van der Waals surface area contributed by atoms with Crippen LogP contribution in [0.5, 0.6) is 5.75 Å². The van der Waals surface area contributed by atoms with E-state index in [0.29, 0.717) is 55.2 Å². The van der Waals surface area contributed by atoms with Crippen molar-refractivity contribution in [3.8, 4) is 17.0 Å². The van der Waals surface area contributed by atoms with Crippen LogP contribution in [0.4, 0.5) is 24.1 Å². The van der Waals surface area contributed by atoms with Gasteiger partial charge in [0.15, 0.2) is 5.13 Å². The number of carboxylic acid groups (broad SMARTS) is 1. The number of hydrogen-bond donors (Lipinski definition) is 3. The van der Waals surface area contributed by atoms with Crippen molar-refractivity contribution in [1.82, 2.24) is 24.8 Å². The summed E-state index contributed by atoms with van der Waals surface area (Å²) in [6, 6.07) is 3.71. The van der Waals surface area contributed by atoms with Crippen molar-refractivity contribution in [1.29, 1.82) is 0 Å². The minimum Gasteiger partial charge on any atom is -0.507 e. The second kappa shape index (κ2) is 13.7. The van der Waals surface area contributed by atoms with Gasteiger partial charge in [0.05, 0.1) is 30.1 Å². The van der Waals surface area contributed by atoms with Crippen molar-refractivity contribution in [2.24, 2.45) is 0 Å². The number of carboxylic acids is 1. The first-order valence-electron chi connectivity index (χ1n) is 14.9. The minimum absolute atomic E-state index is 0.0550. The summed E-state index contributed by atoms with van der Waals surface area (Å²) in [5.41, 5.74) is -0.580. The molecule has 242 valence electrons.